The summed E-state index contributed by atoms with van der Waals surface area (Å²) in [7, 11) is 1.93. The van der Waals surface area contributed by atoms with Crippen LogP contribution < -0.4 is 5.32 Å². The van der Waals surface area contributed by atoms with Crippen LogP contribution in [0.25, 0.3) is 11.3 Å². The first-order chi connectivity index (χ1) is 8.24. The molecule has 0 radical (unpaired) electrons. The van der Waals surface area contributed by atoms with Crippen LogP contribution in [0.15, 0.2) is 40.8 Å². The summed E-state index contributed by atoms with van der Waals surface area (Å²) in [6.45, 7) is 4.25. The molecule has 1 atom stereocenters. The van der Waals surface area contributed by atoms with E-state index in [1.807, 2.05) is 19.2 Å². The molecule has 0 fully saturated rings. The molecule has 0 spiro atoms. The Morgan fingerprint density at radius 2 is 1.82 bits per heavy atom. The lowest BCUT2D eigenvalue weighted by molar-refractivity contribution is 0.458. The summed E-state index contributed by atoms with van der Waals surface area (Å²) in [5, 5.41) is 3.17. The Morgan fingerprint density at radius 3 is 2.41 bits per heavy atom. The molecular formula is C15H19NO. The number of benzene rings is 1. The van der Waals surface area contributed by atoms with Crippen molar-refractivity contribution in [3.63, 3.8) is 0 Å². The lowest BCUT2D eigenvalue weighted by Gasteiger charge is -2.05. The van der Waals surface area contributed by atoms with Crippen molar-refractivity contribution in [1.82, 2.24) is 5.32 Å². The van der Waals surface area contributed by atoms with E-state index in [0.717, 1.165) is 23.5 Å². The van der Waals surface area contributed by atoms with Crippen molar-refractivity contribution in [2.24, 2.45) is 0 Å². The molecule has 2 aromatic rings. The molecule has 90 valence electrons. The summed E-state index contributed by atoms with van der Waals surface area (Å²) >= 11 is 0. The average molecular weight is 229 g/mol. The Balaban J connectivity index is 2.24. The Kier molecular flexibility index (Phi) is 3.64. The molecule has 0 saturated carbocycles. The van der Waals surface area contributed by atoms with E-state index in [-0.39, 0.29) is 6.04 Å². The molecule has 1 N–H and O–H groups in total. The van der Waals surface area contributed by atoms with Gasteiger partial charge in [-0.3, -0.25) is 0 Å². The van der Waals surface area contributed by atoms with Gasteiger partial charge in [-0.05, 0) is 38.1 Å². The van der Waals surface area contributed by atoms with E-state index >= 15 is 0 Å². The molecule has 0 aliphatic carbocycles. The zero-order valence-corrected chi connectivity index (χ0v) is 10.7. The summed E-state index contributed by atoms with van der Waals surface area (Å²) in [6, 6.07) is 12.8. The number of nitrogens with one attached hydrogen (secondary N) is 1. The second-order valence-electron chi connectivity index (χ2n) is 4.26. The fourth-order valence-electron chi connectivity index (χ4n) is 1.79. The standard InChI is InChI=1S/C15H19NO/c1-4-12-5-7-13(8-6-12)15-10-9-14(17-15)11(2)16-3/h5-11,16H,4H2,1-3H3. The van der Waals surface area contributed by atoms with Gasteiger partial charge in [0.2, 0.25) is 0 Å². The van der Waals surface area contributed by atoms with Crippen molar-refractivity contribution < 1.29 is 4.42 Å². The van der Waals surface area contributed by atoms with Crippen molar-refractivity contribution in [3.8, 4) is 11.3 Å². The highest BCUT2D eigenvalue weighted by atomic mass is 16.3. The van der Waals surface area contributed by atoms with E-state index in [9.17, 15) is 0 Å². The molecule has 0 bridgehead atoms. The van der Waals surface area contributed by atoms with Crippen LogP contribution in [0.3, 0.4) is 0 Å². The predicted molar refractivity (Wildman–Crippen MR) is 71.0 cm³/mol. The third kappa shape index (κ3) is 2.59. The first-order valence-corrected chi connectivity index (χ1v) is 6.11. The van der Waals surface area contributed by atoms with Gasteiger partial charge in [-0.25, -0.2) is 0 Å². The van der Waals surface area contributed by atoms with Gasteiger partial charge in [-0.2, -0.15) is 0 Å². The summed E-state index contributed by atoms with van der Waals surface area (Å²) in [4.78, 5) is 0. The van der Waals surface area contributed by atoms with E-state index in [1.54, 1.807) is 0 Å². The SMILES string of the molecule is CCc1ccc(-c2ccc(C(C)NC)o2)cc1. The third-order valence-corrected chi connectivity index (χ3v) is 3.13. The number of rotatable bonds is 4. The van der Waals surface area contributed by atoms with Crippen molar-refractivity contribution in [1.29, 1.82) is 0 Å². The van der Waals surface area contributed by atoms with Crippen LogP contribution in [0.2, 0.25) is 0 Å². The topological polar surface area (TPSA) is 25.2 Å². The van der Waals surface area contributed by atoms with Crippen LogP contribution in [0.4, 0.5) is 0 Å². The van der Waals surface area contributed by atoms with Gasteiger partial charge in [0.05, 0.1) is 6.04 Å². The summed E-state index contributed by atoms with van der Waals surface area (Å²) < 4.78 is 5.83. The van der Waals surface area contributed by atoms with Crippen LogP contribution in [0.5, 0.6) is 0 Å². The average Bonchev–Trinajstić information content (AvgIpc) is 2.87. The molecule has 0 saturated heterocycles. The molecule has 1 aromatic carbocycles. The second kappa shape index (κ2) is 5.19. The zero-order valence-electron chi connectivity index (χ0n) is 10.7. The molecule has 2 heteroatoms. The zero-order chi connectivity index (χ0) is 12.3. The maximum absolute atomic E-state index is 5.83. The van der Waals surface area contributed by atoms with Crippen LogP contribution in [-0.2, 0) is 6.42 Å². The first-order valence-electron chi connectivity index (χ1n) is 6.11. The van der Waals surface area contributed by atoms with E-state index in [0.29, 0.717) is 0 Å². The lowest BCUT2D eigenvalue weighted by atomic mass is 10.1. The molecule has 17 heavy (non-hydrogen) atoms. The minimum atomic E-state index is 0.249. The molecule has 1 heterocycles. The van der Waals surface area contributed by atoms with E-state index < -0.39 is 0 Å². The van der Waals surface area contributed by atoms with Crippen LogP contribution in [-0.4, -0.2) is 7.05 Å². The number of furan rings is 1. The van der Waals surface area contributed by atoms with Gasteiger partial charge in [-0.1, -0.05) is 31.2 Å². The second-order valence-corrected chi connectivity index (χ2v) is 4.26. The first kappa shape index (κ1) is 11.9. The van der Waals surface area contributed by atoms with E-state index in [1.165, 1.54) is 5.56 Å². The van der Waals surface area contributed by atoms with E-state index in [2.05, 4.69) is 43.4 Å². The van der Waals surface area contributed by atoms with Crippen LogP contribution in [0, 0.1) is 0 Å². The van der Waals surface area contributed by atoms with Crippen LogP contribution >= 0.6 is 0 Å². The van der Waals surface area contributed by atoms with Crippen molar-refractivity contribution in [2.45, 2.75) is 26.3 Å². The Labute approximate surface area is 103 Å². The monoisotopic (exact) mass is 229 g/mol. The maximum Gasteiger partial charge on any atom is 0.134 e. The fraction of sp³-hybridized carbons (Fsp3) is 0.333. The molecule has 0 amide bonds. The van der Waals surface area contributed by atoms with Gasteiger partial charge < -0.3 is 9.73 Å². The molecule has 2 rings (SSSR count). The molecule has 0 aliphatic heterocycles. The van der Waals surface area contributed by atoms with Crippen LogP contribution in [0.1, 0.15) is 31.2 Å². The van der Waals surface area contributed by atoms with Gasteiger partial charge in [0.25, 0.3) is 0 Å². The smallest absolute Gasteiger partial charge is 0.134 e. The highest BCUT2D eigenvalue weighted by molar-refractivity contribution is 5.58. The molecule has 1 aromatic heterocycles. The molecular weight excluding hydrogens is 210 g/mol. The van der Waals surface area contributed by atoms with Gasteiger partial charge in [0, 0.05) is 5.56 Å². The molecule has 2 nitrogen and oxygen atoms in total. The van der Waals surface area contributed by atoms with E-state index in [4.69, 9.17) is 4.42 Å². The quantitative estimate of drug-likeness (QED) is 0.863. The highest BCUT2D eigenvalue weighted by Gasteiger charge is 2.09. The number of hydrogen-bond acceptors (Lipinski definition) is 2. The number of aryl methyl sites for hydroxylation is 1. The normalized spacial score (nSPS) is 12.6. The Bertz CT molecular complexity index is 470. The highest BCUT2D eigenvalue weighted by Crippen LogP contribution is 2.25. The Morgan fingerprint density at radius 1 is 1.12 bits per heavy atom. The number of hydrogen-bond donors (Lipinski definition) is 1. The third-order valence-electron chi connectivity index (χ3n) is 3.13. The summed E-state index contributed by atoms with van der Waals surface area (Å²) in [5.74, 6) is 1.91. The molecule has 1 unspecified atom stereocenters. The van der Waals surface area contributed by atoms with Gasteiger partial charge >= 0.3 is 0 Å². The fourth-order valence-corrected chi connectivity index (χ4v) is 1.79. The van der Waals surface area contributed by atoms with Crippen molar-refractivity contribution >= 4 is 0 Å². The predicted octanol–water partition coefficient (Wildman–Crippen LogP) is 3.79. The largest absolute Gasteiger partial charge is 0.459 e. The van der Waals surface area contributed by atoms with Crippen molar-refractivity contribution in [3.05, 3.63) is 47.7 Å². The van der Waals surface area contributed by atoms with Gasteiger partial charge in [0.1, 0.15) is 11.5 Å². The summed E-state index contributed by atoms with van der Waals surface area (Å²) in [6.07, 6.45) is 1.07. The lowest BCUT2D eigenvalue weighted by Crippen LogP contribution is -2.10. The minimum absolute atomic E-state index is 0.249. The minimum Gasteiger partial charge on any atom is -0.459 e. The Hall–Kier alpha value is -1.54. The molecule has 0 aliphatic rings. The van der Waals surface area contributed by atoms with Crippen molar-refractivity contribution in [2.75, 3.05) is 7.05 Å². The van der Waals surface area contributed by atoms with Gasteiger partial charge in [-0.15, -0.1) is 0 Å². The van der Waals surface area contributed by atoms with Gasteiger partial charge in [0.15, 0.2) is 0 Å². The summed E-state index contributed by atoms with van der Waals surface area (Å²) in [5.41, 5.74) is 2.49. The maximum atomic E-state index is 5.83.